The van der Waals surface area contributed by atoms with Crippen LogP contribution in [-0.2, 0) is 4.74 Å². The molecule has 2 rings (SSSR count). The summed E-state index contributed by atoms with van der Waals surface area (Å²) < 4.78 is 6.15. The van der Waals surface area contributed by atoms with E-state index in [1.54, 1.807) is 31.2 Å². The molecule has 0 atom stereocenters. The number of carbonyl (C=O) groups is 1. The Hall–Kier alpha value is -2.66. The van der Waals surface area contributed by atoms with E-state index in [-0.39, 0.29) is 12.3 Å². The Kier molecular flexibility index (Phi) is 3.07. The predicted octanol–water partition coefficient (Wildman–Crippen LogP) is 2.47. The van der Waals surface area contributed by atoms with E-state index in [1.165, 1.54) is 4.68 Å². The van der Waals surface area contributed by atoms with Gasteiger partial charge in [0, 0.05) is 16.0 Å². The van der Waals surface area contributed by atoms with E-state index in [0.717, 1.165) is 0 Å². The molecule has 92 valence electrons. The van der Waals surface area contributed by atoms with Crippen molar-refractivity contribution in [3.63, 3.8) is 0 Å². The molecular formula is C11H11N5O2. The van der Waals surface area contributed by atoms with Crippen molar-refractivity contribution in [2.45, 2.75) is 6.92 Å². The first kappa shape index (κ1) is 11.8. The minimum atomic E-state index is -0.485. The average Bonchev–Trinajstić information content (AvgIpc) is 2.67. The second kappa shape index (κ2) is 4.68. The van der Waals surface area contributed by atoms with Gasteiger partial charge in [-0.2, -0.15) is 0 Å². The fraction of sp³-hybridized carbons (Fsp3) is 0.182. The number of ether oxygens (including phenoxy) is 1. The molecule has 1 aromatic carbocycles. The monoisotopic (exact) mass is 245 g/mol. The van der Waals surface area contributed by atoms with Crippen LogP contribution in [0.25, 0.3) is 21.3 Å². The molecule has 1 heterocycles. The topological polar surface area (TPSA) is 106 Å². The van der Waals surface area contributed by atoms with E-state index in [9.17, 15) is 4.79 Å². The molecule has 7 heteroatoms. The zero-order valence-corrected chi connectivity index (χ0v) is 9.70. The Labute approximate surface area is 102 Å². The standard InChI is InChI=1S/C11H11N5O2/c1-2-18-11(17)10-6-7-5-8(14-15-12)3-4-9(7)16(10)13/h3-6H,2,13H2,1H3. The van der Waals surface area contributed by atoms with Gasteiger partial charge in [-0.3, -0.25) is 4.68 Å². The lowest BCUT2D eigenvalue weighted by Crippen LogP contribution is -2.17. The number of hydrogen-bond acceptors (Lipinski definition) is 4. The second-order valence-electron chi connectivity index (χ2n) is 3.55. The van der Waals surface area contributed by atoms with Crippen LogP contribution >= 0.6 is 0 Å². The summed E-state index contributed by atoms with van der Waals surface area (Å²) in [6, 6.07) is 6.56. The molecule has 1 aromatic heterocycles. The molecule has 0 saturated heterocycles. The van der Waals surface area contributed by atoms with E-state index < -0.39 is 5.97 Å². The van der Waals surface area contributed by atoms with Gasteiger partial charge in [0.2, 0.25) is 0 Å². The van der Waals surface area contributed by atoms with Gasteiger partial charge >= 0.3 is 5.97 Å². The van der Waals surface area contributed by atoms with Crippen molar-refractivity contribution in [3.05, 3.63) is 40.4 Å². The van der Waals surface area contributed by atoms with Crippen LogP contribution in [0.1, 0.15) is 17.4 Å². The average molecular weight is 245 g/mol. The summed E-state index contributed by atoms with van der Waals surface area (Å²) in [4.78, 5) is 14.3. The van der Waals surface area contributed by atoms with Crippen LogP contribution in [0.4, 0.5) is 5.69 Å². The summed E-state index contributed by atoms with van der Waals surface area (Å²) in [7, 11) is 0. The van der Waals surface area contributed by atoms with Crippen LogP contribution in [0.5, 0.6) is 0 Å². The maximum absolute atomic E-state index is 11.6. The zero-order valence-electron chi connectivity index (χ0n) is 9.70. The smallest absolute Gasteiger partial charge is 0.356 e. The molecule has 7 nitrogen and oxygen atoms in total. The molecule has 2 aromatic rings. The normalized spacial score (nSPS) is 10.1. The van der Waals surface area contributed by atoms with Crippen molar-refractivity contribution in [1.29, 1.82) is 0 Å². The third-order valence-corrected chi connectivity index (χ3v) is 2.47. The number of carbonyl (C=O) groups excluding carboxylic acids is 1. The van der Waals surface area contributed by atoms with Crippen molar-refractivity contribution < 1.29 is 9.53 Å². The first-order chi connectivity index (χ1) is 8.67. The molecule has 0 spiro atoms. The highest BCUT2D eigenvalue weighted by Gasteiger charge is 2.14. The lowest BCUT2D eigenvalue weighted by molar-refractivity contribution is 0.0517. The summed E-state index contributed by atoms with van der Waals surface area (Å²) in [5.41, 5.74) is 9.74. The molecule has 0 bridgehead atoms. The highest BCUT2D eigenvalue weighted by atomic mass is 16.5. The van der Waals surface area contributed by atoms with E-state index in [2.05, 4.69) is 10.0 Å². The van der Waals surface area contributed by atoms with Crippen LogP contribution in [0.2, 0.25) is 0 Å². The van der Waals surface area contributed by atoms with Crippen LogP contribution in [0.3, 0.4) is 0 Å². The molecule has 2 N–H and O–H groups in total. The van der Waals surface area contributed by atoms with E-state index >= 15 is 0 Å². The van der Waals surface area contributed by atoms with Crippen molar-refractivity contribution in [2.24, 2.45) is 5.11 Å². The molecular weight excluding hydrogens is 234 g/mol. The van der Waals surface area contributed by atoms with E-state index in [0.29, 0.717) is 16.6 Å². The van der Waals surface area contributed by atoms with Crippen molar-refractivity contribution in [1.82, 2.24) is 4.68 Å². The number of rotatable bonds is 3. The highest BCUT2D eigenvalue weighted by molar-refractivity contribution is 5.96. The number of nitrogen functional groups attached to an aromatic ring is 1. The first-order valence-corrected chi connectivity index (χ1v) is 5.30. The SMILES string of the molecule is CCOC(=O)c1cc2cc(N=[N+]=[N-])ccc2n1N. The van der Waals surface area contributed by atoms with Gasteiger partial charge < -0.3 is 10.6 Å². The Bertz CT molecular complexity index is 655. The molecule has 0 radical (unpaired) electrons. The van der Waals surface area contributed by atoms with Crippen LogP contribution in [0, 0.1) is 0 Å². The van der Waals surface area contributed by atoms with Crippen molar-refractivity contribution in [2.75, 3.05) is 12.4 Å². The quantitative estimate of drug-likeness (QED) is 0.295. The Balaban J connectivity index is 2.55. The molecule has 0 unspecified atom stereocenters. The van der Waals surface area contributed by atoms with Crippen LogP contribution in [-0.4, -0.2) is 17.3 Å². The Morgan fingerprint density at radius 3 is 3.00 bits per heavy atom. The predicted molar refractivity (Wildman–Crippen MR) is 66.9 cm³/mol. The van der Waals surface area contributed by atoms with Gasteiger partial charge in [0.25, 0.3) is 0 Å². The van der Waals surface area contributed by atoms with Crippen molar-refractivity contribution >= 4 is 22.6 Å². The summed E-state index contributed by atoms with van der Waals surface area (Å²) in [5.74, 6) is 5.32. The van der Waals surface area contributed by atoms with Gasteiger partial charge in [-0.1, -0.05) is 11.2 Å². The Morgan fingerprint density at radius 1 is 1.56 bits per heavy atom. The summed E-state index contributed by atoms with van der Waals surface area (Å²) >= 11 is 0. The molecule has 0 amide bonds. The molecule has 0 aliphatic rings. The number of nitrogens with two attached hydrogens (primary N) is 1. The Morgan fingerprint density at radius 2 is 2.33 bits per heavy atom. The fourth-order valence-electron chi connectivity index (χ4n) is 1.70. The van der Waals surface area contributed by atoms with Gasteiger partial charge in [-0.15, -0.1) is 0 Å². The number of nitrogens with zero attached hydrogens (tertiary/aromatic N) is 4. The van der Waals surface area contributed by atoms with E-state index in [1.807, 2.05) is 0 Å². The summed E-state index contributed by atoms with van der Waals surface area (Å²) in [5, 5.41) is 4.20. The number of hydrogen-bond donors (Lipinski definition) is 1. The number of azide groups is 1. The van der Waals surface area contributed by atoms with Gasteiger partial charge in [0.05, 0.1) is 12.1 Å². The van der Waals surface area contributed by atoms with Gasteiger partial charge in [-0.05, 0) is 30.7 Å². The van der Waals surface area contributed by atoms with Crippen molar-refractivity contribution in [3.8, 4) is 0 Å². The molecule has 0 fully saturated rings. The van der Waals surface area contributed by atoms with Gasteiger partial charge in [0.1, 0.15) is 5.69 Å². The van der Waals surface area contributed by atoms with Crippen LogP contribution in [0.15, 0.2) is 29.4 Å². The first-order valence-electron chi connectivity index (χ1n) is 5.30. The molecule has 0 saturated carbocycles. The maximum Gasteiger partial charge on any atom is 0.356 e. The highest BCUT2D eigenvalue weighted by Crippen LogP contribution is 2.23. The molecule has 0 aliphatic heterocycles. The number of benzene rings is 1. The minimum Gasteiger partial charge on any atom is -0.461 e. The lowest BCUT2D eigenvalue weighted by Gasteiger charge is -2.03. The number of esters is 1. The number of fused-ring (bicyclic) bond motifs is 1. The zero-order chi connectivity index (χ0) is 13.1. The second-order valence-corrected chi connectivity index (χ2v) is 3.55. The summed E-state index contributed by atoms with van der Waals surface area (Å²) in [6.45, 7) is 2.01. The lowest BCUT2D eigenvalue weighted by atomic mass is 10.2. The fourth-order valence-corrected chi connectivity index (χ4v) is 1.70. The van der Waals surface area contributed by atoms with Gasteiger partial charge in [-0.25, -0.2) is 4.79 Å². The van der Waals surface area contributed by atoms with Gasteiger partial charge in [0.15, 0.2) is 0 Å². The molecule has 18 heavy (non-hydrogen) atoms. The maximum atomic E-state index is 11.6. The van der Waals surface area contributed by atoms with Crippen LogP contribution < -0.4 is 5.84 Å². The summed E-state index contributed by atoms with van der Waals surface area (Å²) in [6.07, 6.45) is 0. The minimum absolute atomic E-state index is 0.255. The largest absolute Gasteiger partial charge is 0.461 e. The third-order valence-electron chi connectivity index (χ3n) is 2.47. The number of aromatic nitrogens is 1. The molecule has 0 aliphatic carbocycles. The van der Waals surface area contributed by atoms with E-state index in [4.69, 9.17) is 16.1 Å². The third kappa shape index (κ3) is 1.94.